The van der Waals surface area contributed by atoms with E-state index in [0.717, 1.165) is 22.9 Å². The van der Waals surface area contributed by atoms with Crippen molar-refractivity contribution in [2.75, 3.05) is 6.54 Å². The highest BCUT2D eigenvalue weighted by atomic mass is 79.9. The van der Waals surface area contributed by atoms with Gasteiger partial charge in [0, 0.05) is 10.9 Å². The van der Waals surface area contributed by atoms with E-state index in [9.17, 15) is 0 Å². The molecule has 0 bridgehead atoms. The first-order chi connectivity index (χ1) is 8.29. The zero-order valence-electron chi connectivity index (χ0n) is 9.40. The molecule has 1 aromatic heterocycles. The van der Waals surface area contributed by atoms with Crippen LogP contribution in [-0.4, -0.2) is 16.7 Å². The van der Waals surface area contributed by atoms with Crippen molar-refractivity contribution < 1.29 is 4.42 Å². The summed E-state index contributed by atoms with van der Waals surface area (Å²) >= 11 is 3.50. The number of hydrogen-bond acceptors (Lipinski definition) is 4. The molecule has 0 amide bonds. The number of aryl methyl sites for hydroxylation is 1. The smallest absolute Gasteiger partial charge is 0.220 e. The topological polar surface area (TPSA) is 64.9 Å². The first-order valence-electron chi connectivity index (χ1n) is 5.54. The van der Waals surface area contributed by atoms with Gasteiger partial charge in [-0.1, -0.05) is 34.1 Å². The third-order valence-corrected chi connectivity index (χ3v) is 3.18. The molecule has 0 aliphatic rings. The number of benzene rings is 1. The molecule has 0 spiro atoms. The van der Waals surface area contributed by atoms with E-state index in [1.807, 2.05) is 24.3 Å². The number of nitrogens with zero attached hydrogens (tertiary/aromatic N) is 2. The van der Waals surface area contributed by atoms with E-state index >= 15 is 0 Å². The van der Waals surface area contributed by atoms with Gasteiger partial charge in [0.05, 0.1) is 6.42 Å². The fraction of sp³-hybridized carbons (Fsp3) is 0.333. The van der Waals surface area contributed by atoms with Crippen molar-refractivity contribution in [1.82, 2.24) is 10.2 Å². The zero-order valence-corrected chi connectivity index (χ0v) is 11.0. The van der Waals surface area contributed by atoms with Crippen molar-refractivity contribution in [2.45, 2.75) is 19.3 Å². The van der Waals surface area contributed by atoms with E-state index in [4.69, 9.17) is 10.2 Å². The van der Waals surface area contributed by atoms with Crippen molar-refractivity contribution in [3.05, 3.63) is 46.1 Å². The van der Waals surface area contributed by atoms with Gasteiger partial charge >= 0.3 is 0 Å². The van der Waals surface area contributed by atoms with Gasteiger partial charge in [-0.25, -0.2) is 0 Å². The van der Waals surface area contributed by atoms with Gasteiger partial charge in [0.1, 0.15) is 0 Å². The molecule has 4 nitrogen and oxygen atoms in total. The van der Waals surface area contributed by atoms with E-state index in [0.29, 0.717) is 24.7 Å². The summed E-state index contributed by atoms with van der Waals surface area (Å²) < 4.78 is 6.60. The Morgan fingerprint density at radius 1 is 1.18 bits per heavy atom. The largest absolute Gasteiger partial charge is 0.425 e. The average Bonchev–Trinajstić information content (AvgIpc) is 2.77. The molecule has 2 N–H and O–H groups in total. The molecule has 2 aromatic rings. The highest BCUT2D eigenvalue weighted by Crippen LogP contribution is 2.19. The van der Waals surface area contributed by atoms with Gasteiger partial charge in [0.2, 0.25) is 11.8 Å². The summed E-state index contributed by atoms with van der Waals surface area (Å²) in [5.41, 5.74) is 6.57. The van der Waals surface area contributed by atoms with Gasteiger partial charge < -0.3 is 10.2 Å². The maximum absolute atomic E-state index is 5.55. The Balaban J connectivity index is 2.04. The molecule has 0 atom stereocenters. The van der Waals surface area contributed by atoms with Crippen LogP contribution in [-0.2, 0) is 12.8 Å². The lowest BCUT2D eigenvalue weighted by Crippen LogP contribution is -2.00. The SMILES string of the molecule is NCCCc1nnc(Cc2ccccc2Br)o1. The van der Waals surface area contributed by atoms with Crippen LogP contribution in [0.25, 0.3) is 0 Å². The normalized spacial score (nSPS) is 10.7. The second-order valence-corrected chi connectivity index (χ2v) is 4.60. The van der Waals surface area contributed by atoms with Crippen molar-refractivity contribution in [2.24, 2.45) is 5.73 Å². The number of hydrogen-bond donors (Lipinski definition) is 1. The van der Waals surface area contributed by atoms with Gasteiger partial charge in [-0.15, -0.1) is 10.2 Å². The molecule has 0 fully saturated rings. The molecular formula is C12H14BrN3O. The van der Waals surface area contributed by atoms with Crippen LogP contribution in [0, 0.1) is 0 Å². The van der Waals surface area contributed by atoms with E-state index < -0.39 is 0 Å². The molecule has 1 aromatic carbocycles. The number of nitrogens with two attached hydrogens (primary N) is 1. The molecule has 0 saturated heterocycles. The minimum Gasteiger partial charge on any atom is -0.425 e. The molecule has 1 heterocycles. The third kappa shape index (κ3) is 3.38. The van der Waals surface area contributed by atoms with Crippen LogP contribution < -0.4 is 5.73 Å². The summed E-state index contributed by atoms with van der Waals surface area (Å²) in [5.74, 6) is 1.31. The molecule has 0 aliphatic heterocycles. The van der Waals surface area contributed by atoms with Crippen LogP contribution in [0.2, 0.25) is 0 Å². The van der Waals surface area contributed by atoms with Crippen LogP contribution in [0.4, 0.5) is 0 Å². The van der Waals surface area contributed by atoms with Gasteiger partial charge in [-0.05, 0) is 24.6 Å². The van der Waals surface area contributed by atoms with Crippen molar-refractivity contribution >= 4 is 15.9 Å². The summed E-state index contributed by atoms with van der Waals surface area (Å²) in [7, 11) is 0. The van der Waals surface area contributed by atoms with Crippen molar-refractivity contribution in [3.8, 4) is 0 Å². The Bertz CT molecular complexity index is 484. The lowest BCUT2D eigenvalue weighted by molar-refractivity contribution is 0.453. The first kappa shape index (κ1) is 12.3. The molecule has 0 saturated carbocycles. The summed E-state index contributed by atoms with van der Waals surface area (Å²) in [6.07, 6.45) is 2.27. The Labute approximate surface area is 108 Å². The van der Waals surface area contributed by atoms with Crippen LogP contribution >= 0.6 is 15.9 Å². The predicted molar refractivity (Wildman–Crippen MR) is 68.6 cm³/mol. The van der Waals surface area contributed by atoms with Crippen molar-refractivity contribution in [3.63, 3.8) is 0 Å². The summed E-state index contributed by atoms with van der Waals surface area (Å²) in [4.78, 5) is 0. The zero-order chi connectivity index (χ0) is 12.1. The maximum atomic E-state index is 5.55. The molecule has 5 heteroatoms. The molecule has 2 rings (SSSR count). The Kier molecular flexibility index (Phi) is 4.28. The Hall–Kier alpha value is -1.20. The molecule has 17 heavy (non-hydrogen) atoms. The number of rotatable bonds is 5. The van der Waals surface area contributed by atoms with Crippen LogP contribution in [0.3, 0.4) is 0 Å². The number of aromatic nitrogens is 2. The third-order valence-electron chi connectivity index (χ3n) is 2.40. The molecular weight excluding hydrogens is 282 g/mol. The molecule has 90 valence electrons. The Morgan fingerprint density at radius 3 is 2.71 bits per heavy atom. The lowest BCUT2D eigenvalue weighted by atomic mass is 10.1. The van der Waals surface area contributed by atoms with E-state index in [1.165, 1.54) is 0 Å². The minimum atomic E-state index is 0.641. The van der Waals surface area contributed by atoms with Crippen LogP contribution in [0.5, 0.6) is 0 Å². The summed E-state index contributed by atoms with van der Waals surface area (Å²) in [5, 5.41) is 8.02. The maximum Gasteiger partial charge on any atom is 0.220 e. The average molecular weight is 296 g/mol. The molecule has 0 unspecified atom stereocenters. The van der Waals surface area contributed by atoms with Gasteiger partial charge in [-0.2, -0.15) is 0 Å². The van der Waals surface area contributed by atoms with Crippen LogP contribution in [0.15, 0.2) is 33.2 Å². The van der Waals surface area contributed by atoms with Gasteiger partial charge in [0.25, 0.3) is 0 Å². The van der Waals surface area contributed by atoms with E-state index in [1.54, 1.807) is 0 Å². The van der Waals surface area contributed by atoms with Crippen molar-refractivity contribution in [1.29, 1.82) is 0 Å². The Morgan fingerprint density at radius 2 is 1.94 bits per heavy atom. The lowest BCUT2D eigenvalue weighted by Gasteiger charge is -1.99. The molecule has 0 aliphatic carbocycles. The monoisotopic (exact) mass is 295 g/mol. The fourth-order valence-electron chi connectivity index (χ4n) is 1.52. The minimum absolute atomic E-state index is 0.641. The second kappa shape index (κ2) is 5.93. The number of halogens is 1. The van der Waals surface area contributed by atoms with E-state index in [-0.39, 0.29) is 0 Å². The standard InChI is InChI=1S/C12H14BrN3O/c13-10-5-2-1-4-9(10)8-12-16-15-11(17-12)6-3-7-14/h1-2,4-5H,3,6-8,14H2. The fourth-order valence-corrected chi connectivity index (χ4v) is 1.94. The highest BCUT2D eigenvalue weighted by Gasteiger charge is 2.08. The molecule has 0 radical (unpaired) electrons. The highest BCUT2D eigenvalue weighted by molar-refractivity contribution is 9.10. The first-order valence-corrected chi connectivity index (χ1v) is 6.33. The quantitative estimate of drug-likeness (QED) is 0.919. The summed E-state index contributed by atoms with van der Waals surface area (Å²) in [6, 6.07) is 8.01. The van der Waals surface area contributed by atoms with E-state index in [2.05, 4.69) is 26.1 Å². The van der Waals surface area contributed by atoms with Gasteiger partial charge in [0.15, 0.2) is 0 Å². The predicted octanol–water partition coefficient (Wildman–Crippen LogP) is 2.31. The summed E-state index contributed by atoms with van der Waals surface area (Å²) in [6.45, 7) is 0.641. The van der Waals surface area contributed by atoms with Crippen LogP contribution in [0.1, 0.15) is 23.8 Å². The second-order valence-electron chi connectivity index (χ2n) is 3.75. The van der Waals surface area contributed by atoms with Gasteiger partial charge in [-0.3, -0.25) is 0 Å².